The highest BCUT2D eigenvalue weighted by molar-refractivity contribution is 5.78. The van der Waals surface area contributed by atoms with Crippen molar-refractivity contribution in [2.24, 2.45) is 24.6 Å². The van der Waals surface area contributed by atoms with E-state index in [0.29, 0.717) is 25.4 Å². The Morgan fingerprint density at radius 2 is 2.28 bits per heavy atom. The summed E-state index contributed by atoms with van der Waals surface area (Å²) in [6.07, 6.45) is 3.12. The predicted octanol–water partition coefficient (Wildman–Crippen LogP) is 0.0948. The van der Waals surface area contributed by atoms with Gasteiger partial charge in [-0.2, -0.15) is 5.10 Å². The lowest BCUT2D eigenvalue weighted by molar-refractivity contribution is -0.125. The van der Waals surface area contributed by atoms with Gasteiger partial charge in [-0.25, -0.2) is 4.98 Å². The second-order valence-electron chi connectivity index (χ2n) is 4.94. The van der Waals surface area contributed by atoms with Gasteiger partial charge in [-0.3, -0.25) is 9.48 Å². The van der Waals surface area contributed by atoms with Crippen molar-refractivity contribution < 1.29 is 4.79 Å². The van der Waals surface area contributed by atoms with Crippen LogP contribution in [0.25, 0.3) is 0 Å². The van der Waals surface area contributed by atoms with Gasteiger partial charge < -0.3 is 11.1 Å². The van der Waals surface area contributed by atoms with Crippen LogP contribution in [0.3, 0.4) is 0 Å². The molecule has 1 aromatic rings. The van der Waals surface area contributed by atoms with Crippen LogP contribution in [0.4, 0.5) is 0 Å². The van der Waals surface area contributed by atoms with Crippen LogP contribution in [0.5, 0.6) is 0 Å². The van der Waals surface area contributed by atoms with Crippen LogP contribution < -0.4 is 11.1 Å². The van der Waals surface area contributed by atoms with Gasteiger partial charge in [-0.1, -0.05) is 13.8 Å². The van der Waals surface area contributed by atoms with E-state index in [9.17, 15) is 4.79 Å². The number of carbonyl (C=O) groups is 1. The molecule has 0 spiro atoms. The fourth-order valence-corrected chi connectivity index (χ4v) is 1.82. The second kappa shape index (κ2) is 7.10. The first-order chi connectivity index (χ1) is 8.52. The van der Waals surface area contributed by atoms with E-state index < -0.39 is 0 Å². The molecule has 0 aliphatic heterocycles. The molecular formula is C12H23N5O. The van der Waals surface area contributed by atoms with Crippen LogP contribution >= 0.6 is 0 Å². The molecule has 102 valence electrons. The number of aromatic nitrogens is 3. The largest absolute Gasteiger partial charge is 0.355 e. The first kappa shape index (κ1) is 14.6. The van der Waals surface area contributed by atoms with Crippen LogP contribution in [0, 0.1) is 11.8 Å². The van der Waals surface area contributed by atoms with Crippen LogP contribution in [-0.4, -0.2) is 33.8 Å². The number of nitrogens with one attached hydrogen (secondary N) is 1. The normalized spacial score (nSPS) is 12.7. The van der Waals surface area contributed by atoms with Crippen LogP contribution in [-0.2, 0) is 18.3 Å². The van der Waals surface area contributed by atoms with E-state index in [2.05, 4.69) is 29.2 Å². The highest BCUT2D eigenvalue weighted by atomic mass is 16.1. The molecule has 0 saturated carbocycles. The number of nitrogens with zero attached hydrogens (tertiary/aromatic N) is 3. The van der Waals surface area contributed by atoms with Crippen molar-refractivity contribution in [3.05, 3.63) is 12.2 Å². The van der Waals surface area contributed by atoms with Crippen molar-refractivity contribution in [3.8, 4) is 0 Å². The smallest absolute Gasteiger partial charge is 0.224 e. The summed E-state index contributed by atoms with van der Waals surface area (Å²) in [6.45, 7) is 5.13. The third kappa shape index (κ3) is 4.83. The van der Waals surface area contributed by atoms with E-state index in [1.807, 2.05) is 7.05 Å². The molecule has 18 heavy (non-hydrogen) atoms. The number of aryl methyl sites for hydroxylation is 1. The van der Waals surface area contributed by atoms with Gasteiger partial charge in [0.25, 0.3) is 0 Å². The molecule has 6 nitrogen and oxygen atoms in total. The van der Waals surface area contributed by atoms with Crippen LogP contribution in [0.15, 0.2) is 6.33 Å². The quantitative estimate of drug-likeness (QED) is 0.721. The Morgan fingerprint density at radius 3 is 2.78 bits per heavy atom. The Balaban J connectivity index is 2.31. The number of hydrogen-bond donors (Lipinski definition) is 2. The molecule has 1 unspecified atom stereocenters. The minimum absolute atomic E-state index is 0.0298. The monoisotopic (exact) mass is 253 g/mol. The summed E-state index contributed by atoms with van der Waals surface area (Å²) in [5.41, 5.74) is 5.62. The van der Waals surface area contributed by atoms with Crippen molar-refractivity contribution in [2.75, 3.05) is 13.1 Å². The molecule has 1 heterocycles. The Hall–Kier alpha value is -1.43. The zero-order valence-corrected chi connectivity index (χ0v) is 11.4. The third-order valence-electron chi connectivity index (χ3n) is 2.71. The molecule has 3 N–H and O–H groups in total. The standard InChI is InChI=1S/C12H23N5O/c1-9(2)6-10(7-13)12(18)14-5-4-11-15-8-17(3)16-11/h8-10H,4-7,13H2,1-3H3,(H,14,18). The van der Waals surface area contributed by atoms with Crippen molar-refractivity contribution in [3.63, 3.8) is 0 Å². The Labute approximate surface area is 108 Å². The summed E-state index contributed by atoms with van der Waals surface area (Å²) in [7, 11) is 1.82. The molecule has 0 saturated heterocycles. The molecule has 6 heteroatoms. The Morgan fingerprint density at radius 1 is 1.56 bits per heavy atom. The number of hydrogen-bond acceptors (Lipinski definition) is 4. The molecule has 1 rings (SSSR count). The fourth-order valence-electron chi connectivity index (χ4n) is 1.82. The van der Waals surface area contributed by atoms with Crippen molar-refractivity contribution in [1.29, 1.82) is 0 Å². The number of carbonyl (C=O) groups excluding carboxylic acids is 1. The van der Waals surface area contributed by atoms with Crippen molar-refractivity contribution in [2.45, 2.75) is 26.7 Å². The zero-order chi connectivity index (χ0) is 13.5. The summed E-state index contributed by atoms with van der Waals surface area (Å²) in [5.74, 6) is 1.15. The summed E-state index contributed by atoms with van der Waals surface area (Å²) < 4.78 is 1.65. The molecule has 1 aromatic heterocycles. The molecule has 0 fully saturated rings. The summed E-state index contributed by atoms with van der Waals surface area (Å²) >= 11 is 0. The first-order valence-corrected chi connectivity index (χ1v) is 6.35. The molecule has 0 aliphatic rings. The maximum atomic E-state index is 11.9. The second-order valence-corrected chi connectivity index (χ2v) is 4.94. The van der Waals surface area contributed by atoms with Gasteiger partial charge in [0.2, 0.25) is 5.91 Å². The van der Waals surface area contributed by atoms with Gasteiger partial charge in [0, 0.05) is 26.6 Å². The SMILES string of the molecule is CC(C)CC(CN)C(=O)NCCc1ncn(C)n1. The van der Waals surface area contributed by atoms with Gasteiger partial charge >= 0.3 is 0 Å². The highest BCUT2D eigenvalue weighted by Gasteiger charge is 2.17. The fraction of sp³-hybridized carbons (Fsp3) is 0.750. The maximum absolute atomic E-state index is 11.9. The van der Waals surface area contributed by atoms with Crippen LogP contribution in [0.2, 0.25) is 0 Å². The lowest BCUT2D eigenvalue weighted by Crippen LogP contribution is -2.36. The maximum Gasteiger partial charge on any atom is 0.224 e. The summed E-state index contributed by atoms with van der Waals surface area (Å²) in [6, 6.07) is 0. The topological polar surface area (TPSA) is 85.8 Å². The van der Waals surface area contributed by atoms with Gasteiger partial charge in [0.15, 0.2) is 5.82 Å². The lowest BCUT2D eigenvalue weighted by Gasteiger charge is -2.16. The number of rotatable bonds is 7. The minimum atomic E-state index is -0.0957. The summed E-state index contributed by atoms with van der Waals surface area (Å²) in [5, 5.41) is 7.04. The van der Waals surface area contributed by atoms with E-state index in [4.69, 9.17) is 5.73 Å². The minimum Gasteiger partial charge on any atom is -0.355 e. The molecule has 1 amide bonds. The van der Waals surface area contributed by atoms with E-state index >= 15 is 0 Å². The third-order valence-corrected chi connectivity index (χ3v) is 2.71. The number of amides is 1. The van der Waals surface area contributed by atoms with Gasteiger partial charge in [0.05, 0.1) is 5.92 Å². The van der Waals surface area contributed by atoms with Gasteiger partial charge in [-0.05, 0) is 12.3 Å². The van der Waals surface area contributed by atoms with E-state index in [0.717, 1.165) is 12.2 Å². The Kier molecular flexibility index (Phi) is 5.77. The van der Waals surface area contributed by atoms with E-state index in [1.54, 1.807) is 11.0 Å². The first-order valence-electron chi connectivity index (χ1n) is 6.35. The summed E-state index contributed by atoms with van der Waals surface area (Å²) in [4.78, 5) is 16.0. The molecular weight excluding hydrogens is 230 g/mol. The zero-order valence-electron chi connectivity index (χ0n) is 11.4. The van der Waals surface area contributed by atoms with E-state index in [1.165, 1.54) is 0 Å². The van der Waals surface area contributed by atoms with Gasteiger partial charge in [-0.15, -0.1) is 0 Å². The molecule has 0 aromatic carbocycles. The highest BCUT2D eigenvalue weighted by Crippen LogP contribution is 2.10. The average Bonchev–Trinajstić information content (AvgIpc) is 2.71. The van der Waals surface area contributed by atoms with Gasteiger partial charge in [0.1, 0.15) is 6.33 Å². The Bertz CT molecular complexity index is 374. The molecule has 1 atom stereocenters. The lowest BCUT2D eigenvalue weighted by atomic mass is 9.96. The van der Waals surface area contributed by atoms with Crippen molar-refractivity contribution in [1.82, 2.24) is 20.1 Å². The average molecular weight is 253 g/mol. The molecule has 0 aliphatic carbocycles. The molecule has 0 bridgehead atoms. The number of nitrogens with two attached hydrogens (primary N) is 1. The van der Waals surface area contributed by atoms with Crippen LogP contribution in [0.1, 0.15) is 26.1 Å². The van der Waals surface area contributed by atoms with E-state index in [-0.39, 0.29) is 11.8 Å². The molecule has 0 radical (unpaired) electrons. The van der Waals surface area contributed by atoms with Crippen molar-refractivity contribution >= 4 is 5.91 Å². The predicted molar refractivity (Wildman–Crippen MR) is 69.7 cm³/mol.